The summed E-state index contributed by atoms with van der Waals surface area (Å²) in [6.45, 7) is 8.18. The lowest BCUT2D eigenvalue weighted by molar-refractivity contribution is 0.276. The van der Waals surface area contributed by atoms with Crippen LogP contribution in [0.15, 0.2) is 30.3 Å². The highest BCUT2D eigenvalue weighted by molar-refractivity contribution is 5.14. The van der Waals surface area contributed by atoms with Crippen LogP contribution in [0.3, 0.4) is 0 Å². The molecule has 1 aliphatic rings. The summed E-state index contributed by atoms with van der Waals surface area (Å²) < 4.78 is 0. The Balaban J connectivity index is 1.52. The molecule has 0 unspecified atom stereocenters. The topological polar surface area (TPSA) is 15.3 Å². The molecule has 1 fully saturated rings. The first-order chi connectivity index (χ1) is 8.88. The van der Waals surface area contributed by atoms with Crippen LogP contribution in [-0.4, -0.2) is 37.6 Å². The van der Waals surface area contributed by atoms with Crippen molar-refractivity contribution in [2.45, 2.75) is 26.2 Å². The molecule has 18 heavy (non-hydrogen) atoms. The number of nitrogens with zero attached hydrogens (tertiary/aromatic N) is 1. The van der Waals surface area contributed by atoms with Crippen LogP contribution in [0.5, 0.6) is 0 Å². The van der Waals surface area contributed by atoms with E-state index in [9.17, 15) is 0 Å². The average Bonchev–Trinajstić information content (AvgIpc) is 3.22. The standard InChI is InChI=1S/C16H26N2/c1-2-18(14-16-8-9-16)13-12-17-11-10-15-6-4-3-5-7-15/h3-7,16-17H,2,8-14H2,1H3. The Kier molecular flexibility index (Phi) is 5.69. The molecule has 0 saturated heterocycles. The lowest BCUT2D eigenvalue weighted by Gasteiger charge is -2.20. The Morgan fingerprint density at radius 2 is 1.94 bits per heavy atom. The Hall–Kier alpha value is -0.860. The summed E-state index contributed by atoms with van der Waals surface area (Å²) in [7, 11) is 0. The third-order valence-electron chi connectivity index (χ3n) is 3.70. The molecule has 0 aromatic heterocycles. The highest BCUT2D eigenvalue weighted by atomic mass is 15.1. The minimum atomic E-state index is 1.01. The summed E-state index contributed by atoms with van der Waals surface area (Å²) >= 11 is 0. The van der Waals surface area contributed by atoms with Gasteiger partial charge in [-0.2, -0.15) is 0 Å². The minimum Gasteiger partial charge on any atom is -0.315 e. The Morgan fingerprint density at radius 3 is 2.61 bits per heavy atom. The fourth-order valence-electron chi connectivity index (χ4n) is 2.28. The van der Waals surface area contributed by atoms with E-state index in [1.54, 1.807) is 0 Å². The molecule has 2 rings (SSSR count). The van der Waals surface area contributed by atoms with Crippen LogP contribution in [0.1, 0.15) is 25.3 Å². The molecule has 1 saturated carbocycles. The predicted molar refractivity (Wildman–Crippen MR) is 77.9 cm³/mol. The SMILES string of the molecule is CCN(CCNCCc1ccccc1)CC1CC1. The van der Waals surface area contributed by atoms with Crippen LogP contribution in [-0.2, 0) is 6.42 Å². The van der Waals surface area contributed by atoms with E-state index in [4.69, 9.17) is 0 Å². The van der Waals surface area contributed by atoms with Gasteiger partial charge < -0.3 is 10.2 Å². The van der Waals surface area contributed by atoms with Crippen molar-refractivity contribution in [1.82, 2.24) is 10.2 Å². The lowest BCUT2D eigenvalue weighted by atomic mass is 10.1. The molecule has 0 amide bonds. The maximum atomic E-state index is 3.55. The van der Waals surface area contributed by atoms with Crippen LogP contribution in [0.25, 0.3) is 0 Å². The van der Waals surface area contributed by atoms with Gasteiger partial charge in [-0.15, -0.1) is 0 Å². The molecule has 2 nitrogen and oxygen atoms in total. The number of likely N-dealkylation sites (N-methyl/N-ethyl adjacent to an activating group) is 1. The van der Waals surface area contributed by atoms with Crippen LogP contribution in [0.2, 0.25) is 0 Å². The van der Waals surface area contributed by atoms with Gasteiger partial charge in [-0.3, -0.25) is 0 Å². The molecular formula is C16H26N2. The van der Waals surface area contributed by atoms with Crippen LogP contribution in [0.4, 0.5) is 0 Å². The first-order valence-electron chi connectivity index (χ1n) is 7.35. The van der Waals surface area contributed by atoms with Crippen molar-refractivity contribution in [3.63, 3.8) is 0 Å². The highest BCUT2D eigenvalue weighted by Gasteiger charge is 2.23. The van der Waals surface area contributed by atoms with E-state index in [1.165, 1.54) is 38.0 Å². The number of benzene rings is 1. The van der Waals surface area contributed by atoms with E-state index in [2.05, 4.69) is 47.5 Å². The molecule has 0 aliphatic heterocycles. The van der Waals surface area contributed by atoms with E-state index in [-0.39, 0.29) is 0 Å². The lowest BCUT2D eigenvalue weighted by Crippen LogP contribution is -2.34. The van der Waals surface area contributed by atoms with Crippen LogP contribution in [0, 0.1) is 5.92 Å². The van der Waals surface area contributed by atoms with Gasteiger partial charge in [0.15, 0.2) is 0 Å². The van der Waals surface area contributed by atoms with Crippen molar-refractivity contribution in [2.75, 3.05) is 32.7 Å². The molecule has 1 aromatic carbocycles. The van der Waals surface area contributed by atoms with Gasteiger partial charge in [-0.1, -0.05) is 37.3 Å². The zero-order chi connectivity index (χ0) is 12.6. The molecule has 100 valence electrons. The molecular weight excluding hydrogens is 220 g/mol. The predicted octanol–water partition coefficient (Wildman–Crippen LogP) is 2.55. The van der Waals surface area contributed by atoms with Crippen LogP contribution >= 0.6 is 0 Å². The molecule has 1 N–H and O–H groups in total. The molecule has 0 heterocycles. The molecule has 0 bridgehead atoms. The van der Waals surface area contributed by atoms with E-state index >= 15 is 0 Å². The second-order valence-corrected chi connectivity index (χ2v) is 5.32. The Bertz CT molecular complexity index is 319. The van der Waals surface area contributed by atoms with E-state index in [0.29, 0.717) is 0 Å². The fourth-order valence-corrected chi connectivity index (χ4v) is 2.28. The number of rotatable bonds is 9. The summed E-state index contributed by atoms with van der Waals surface area (Å²) in [4.78, 5) is 2.58. The molecule has 0 spiro atoms. The molecule has 0 atom stereocenters. The van der Waals surface area contributed by atoms with E-state index < -0.39 is 0 Å². The summed E-state index contributed by atoms with van der Waals surface area (Å²) in [5.41, 5.74) is 1.43. The van der Waals surface area contributed by atoms with Gasteiger partial charge in [0.2, 0.25) is 0 Å². The zero-order valence-corrected chi connectivity index (χ0v) is 11.6. The Labute approximate surface area is 111 Å². The largest absolute Gasteiger partial charge is 0.315 e. The van der Waals surface area contributed by atoms with Crippen molar-refractivity contribution in [1.29, 1.82) is 0 Å². The second kappa shape index (κ2) is 7.55. The molecule has 1 aromatic rings. The van der Waals surface area contributed by atoms with Crippen LogP contribution < -0.4 is 5.32 Å². The fraction of sp³-hybridized carbons (Fsp3) is 0.625. The van der Waals surface area contributed by atoms with Gasteiger partial charge in [0.05, 0.1) is 0 Å². The van der Waals surface area contributed by atoms with Crippen molar-refractivity contribution in [2.24, 2.45) is 5.92 Å². The second-order valence-electron chi connectivity index (χ2n) is 5.32. The zero-order valence-electron chi connectivity index (χ0n) is 11.6. The van der Waals surface area contributed by atoms with Gasteiger partial charge in [-0.05, 0) is 43.8 Å². The van der Waals surface area contributed by atoms with E-state index in [0.717, 1.165) is 25.4 Å². The van der Waals surface area contributed by atoms with Gasteiger partial charge in [0.1, 0.15) is 0 Å². The average molecular weight is 246 g/mol. The maximum absolute atomic E-state index is 3.55. The number of nitrogens with one attached hydrogen (secondary N) is 1. The third kappa shape index (κ3) is 5.19. The quantitative estimate of drug-likeness (QED) is 0.674. The molecule has 0 radical (unpaired) electrons. The first kappa shape index (κ1) is 13.6. The van der Waals surface area contributed by atoms with Crippen molar-refractivity contribution in [3.05, 3.63) is 35.9 Å². The van der Waals surface area contributed by atoms with Gasteiger partial charge in [-0.25, -0.2) is 0 Å². The number of hydrogen-bond acceptors (Lipinski definition) is 2. The van der Waals surface area contributed by atoms with Crippen molar-refractivity contribution in [3.8, 4) is 0 Å². The third-order valence-corrected chi connectivity index (χ3v) is 3.70. The van der Waals surface area contributed by atoms with Crippen molar-refractivity contribution < 1.29 is 0 Å². The van der Waals surface area contributed by atoms with E-state index in [1.807, 2.05) is 0 Å². The minimum absolute atomic E-state index is 1.01. The summed E-state index contributed by atoms with van der Waals surface area (Å²) in [6.07, 6.45) is 4.05. The smallest absolute Gasteiger partial charge is 0.0107 e. The summed E-state index contributed by atoms with van der Waals surface area (Å²) in [5, 5.41) is 3.55. The van der Waals surface area contributed by atoms with Gasteiger partial charge in [0.25, 0.3) is 0 Å². The number of hydrogen-bond donors (Lipinski definition) is 1. The monoisotopic (exact) mass is 246 g/mol. The van der Waals surface area contributed by atoms with Gasteiger partial charge >= 0.3 is 0 Å². The maximum Gasteiger partial charge on any atom is 0.0107 e. The molecule has 2 heteroatoms. The molecule has 1 aliphatic carbocycles. The summed E-state index contributed by atoms with van der Waals surface area (Å²) in [5.74, 6) is 1.01. The Morgan fingerprint density at radius 1 is 1.17 bits per heavy atom. The normalized spacial score (nSPS) is 15.2. The van der Waals surface area contributed by atoms with Crippen molar-refractivity contribution >= 4 is 0 Å². The highest BCUT2D eigenvalue weighted by Crippen LogP contribution is 2.29. The van der Waals surface area contributed by atoms with Gasteiger partial charge in [0, 0.05) is 19.6 Å². The summed E-state index contributed by atoms with van der Waals surface area (Å²) in [6, 6.07) is 10.7. The first-order valence-corrected chi connectivity index (χ1v) is 7.35.